The van der Waals surface area contributed by atoms with Crippen molar-refractivity contribution in [2.24, 2.45) is 0 Å². The van der Waals surface area contributed by atoms with Gasteiger partial charge < -0.3 is 25.3 Å². The Hall–Kier alpha value is -2.36. The molecule has 0 rings (SSSR count). The summed E-state index contributed by atoms with van der Waals surface area (Å²) in [5.41, 5.74) is 0. The van der Waals surface area contributed by atoms with E-state index in [9.17, 15) is 20.4 Å². The normalized spacial score (nSPS) is 14.1. The molecule has 7 nitrogen and oxygen atoms in total. The first-order chi connectivity index (χ1) is 45.2. The smallest absolute Gasteiger partial charge is 0.0667 e. The molecule has 0 aromatic carbocycles. The summed E-state index contributed by atoms with van der Waals surface area (Å²) in [4.78, 5) is 7.04. The standard InChI is InChI=1S/C85H159N3O4/c1-6-10-14-18-22-26-30-34-38-42-46-50-54-58-62-66-70-82(89)78-87(79-83(90)71-67-63-59-55-51-47-43-39-35-31-27-23-19-15-11-7-2)76-74-86(5)75-77-88(80-84(91)72-68-64-60-56-52-48-44-40-36-32-28-24-20-16-12-8-3)81-85(92)73-69-65-61-57-53-49-45-41-37-33-29-25-21-17-13-9-4/h26-33,38-45,82-85,89-92H,6-25,34-37,46-81H2,1-5H3/b30-26-,31-27-,32-28-,33-29-,42-38-,43-39-,44-40-,45-41-. The first-order valence-electron chi connectivity index (χ1n) is 40.3. The fourth-order valence-electron chi connectivity index (χ4n) is 12.3. The number of nitrogens with zero attached hydrogens (tertiary/aromatic N) is 3. The van der Waals surface area contributed by atoms with Crippen LogP contribution in [-0.4, -0.2) is 119 Å². The van der Waals surface area contributed by atoms with Crippen molar-refractivity contribution in [1.82, 2.24) is 14.7 Å². The lowest BCUT2D eigenvalue weighted by Crippen LogP contribution is -2.44. The number of unbranched alkanes of at least 4 members (excludes halogenated alkanes) is 36. The molecule has 92 heavy (non-hydrogen) atoms. The zero-order valence-electron chi connectivity index (χ0n) is 62.1. The summed E-state index contributed by atoms with van der Waals surface area (Å²) in [5, 5.41) is 45.7. The van der Waals surface area contributed by atoms with Crippen LogP contribution < -0.4 is 0 Å². The van der Waals surface area contributed by atoms with Crippen LogP contribution >= 0.6 is 0 Å². The zero-order chi connectivity index (χ0) is 66.8. The van der Waals surface area contributed by atoms with E-state index in [-0.39, 0.29) is 0 Å². The second-order valence-corrected chi connectivity index (χ2v) is 27.9. The number of aliphatic hydroxyl groups is 4. The quantitative estimate of drug-likeness (QED) is 0.0356. The average molecular weight is 1290 g/mol. The van der Waals surface area contributed by atoms with Gasteiger partial charge in [-0.1, -0.05) is 305 Å². The van der Waals surface area contributed by atoms with Crippen LogP contribution in [0.3, 0.4) is 0 Å². The van der Waals surface area contributed by atoms with E-state index in [2.05, 4.69) is 147 Å². The number of likely N-dealkylation sites (N-methyl/N-ethyl adjacent to an activating group) is 1. The van der Waals surface area contributed by atoms with Crippen molar-refractivity contribution < 1.29 is 20.4 Å². The maximum Gasteiger partial charge on any atom is 0.0667 e. The Morgan fingerprint density at radius 3 is 0.587 bits per heavy atom. The molecule has 0 saturated heterocycles. The largest absolute Gasteiger partial charge is 0.392 e. The third kappa shape index (κ3) is 71.9. The Balaban J connectivity index is 5.37. The van der Waals surface area contributed by atoms with E-state index in [1.807, 2.05) is 0 Å². The van der Waals surface area contributed by atoms with Crippen LogP contribution in [0.15, 0.2) is 97.2 Å². The van der Waals surface area contributed by atoms with Crippen LogP contribution in [0.1, 0.15) is 362 Å². The van der Waals surface area contributed by atoms with Crippen LogP contribution in [0.5, 0.6) is 0 Å². The monoisotopic (exact) mass is 1290 g/mol. The van der Waals surface area contributed by atoms with Gasteiger partial charge >= 0.3 is 0 Å². The second-order valence-electron chi connectivity index (χ2n) is 27.9. The SMILES string of the molecule is CCCCCC/C=C\C/C=C\CCCCCCCC(O)CN(CCN(C)CCN(CC(O)CCCCCCC/C=C\C/C=C\CCCCCC)CC(O)CCCCCCC/C=C\C/C=C\CCCCCC)CC(O)CCCCCCC/C=C\C/C=C\CCCCCC. The molecule has 7 heteroatoms. The molecule has 4 atom stereocenters. The summed E-state index contributed by atoms with van der Waals surface area (Å²) in [5.74, 6) is 0. The lowest BCUT2D eigenvalue weighted by Gasteiger charge is -2.31. The van der Waals surface area contributed by atoms with Gasteiger partial charge in [-0.15, -0.1) is 0 Å². The molecule has 0 aliphatic carbocycles. The molecule has 0 aliphatic rings. The number of rotatable bonds is 74. The lowest BCUT2D eigenvalue weighted by atomic mass is 10.0. The first kappa shape index (κ1) is 89.6. The van der Waals surface area contributed by atoms with Crippen molar-refractivity contribution in [2.45, 2.75) is 386 Å². The van der Waals surface area contributed by atoms with Crippen molar-refractivity contribution in [3.8, 4) is 0 Å². The van der Waals surface area contributed by atoms with E-state index < -0.39 is 24.4 Å². The minimum atomic E-state index is -0.400. The lowest BCUT2D eigenvalue weighted by molar-refractivity contribution is 0.0492. The molecule has 0 radical (unpaired) electrons. The highest BCUT2D eigenvalue weighted by Gasteiger charge is 2.19. The highest BCUT2D eigenvalue weighted by atomic mass is 16.3. The van der Waals surface area contributed by atoms with Gasteiger partial charge in [-0.2, -0.15) is 0 Å². The van der Waals surface area contributed by atoms with Gasteiger partial charge in [0, 0.05) is 52.4 Å². The molecular formula is C85H159N3O4. The number of hydrogen-bond acceptors (Lipinski definition) is 7. The molecule has 538 valence electrons. The van der Waals surface area contributed by atoms with Crippen LogP contribution in [0.25, 0.3) is 0 Å². The highest BCUT2D eigenvalue weighted by Crippen LogP contribution is 2.17. The minimum absolute atomic E-state index is 0.400. The topological polar surface area (TPSA) is 90.6 Å². The molecule has 0 aromatic rings. The minimum Gasteiger partial charge on any atom is -0.392 e. The highest BCUT2D eigenvalue weighted by molar-refractivity contribution is 4.95. The third-order valence-corrected chi connectivity index (χ3v) is 18.4. The van der Waals surface area contributed by atoms with Crippen LogP contribution in [0, 0.1) is 0 Å². The maximum atomic E-state index is 11.4. The Labute approximate surface area is 574 Å². The van der Waals surface area contributed by atoms with Crippen molar-refractivity contribution in [3.63, 3.8) is 0 Å². The van der Waals surface area contributed by atoms with Gasteiger partial charge in [-0.05, 0) is 161 Å². The molecule has 0 bridgehead atoms. The predicted molar refractivity (Wildman–Crippen MR) is 410 cm³/mol. The van der Waals surface area contributed by atoms with Gasteiger partial charge in [0.2, 0.25) is 0 Å². The van der Waals surface area contributed by atoms with E-state index in [1.165, 1.54) is 205 Å². The van der Waals surface area contributed by atoms with Gasteiger partial charge in [0.05, 0.1) is 24.4 Å². The fourth-order valence-corrected chi connectivity index (χ4v) is 12.3. The zero-order valence-corrected chi connectivity index (χ0v) is 62.1. The van der Waals surface area contributed by atoms with Gasteiger partial charge in [0.1, 0.15) is 0 Å². The molecule has 0 aliphatic heterocycles. The molecule has 0 aromatic heterocycles. The van der Waals surface area contributed by atoms with E-state index in [1.54, 1.807) is 0 Å². The first-order valence-corrected chi connectivity index (χ1v) is 40.3. The van der Waals surface area contributed by atoms with Crippen molar-refractivity contribution in [3.05, 3.63) is 97.2 Å². The molecule has 0 heterocycles. The van der Waals surface area contributed by atoms with Gasteiger partial charge in [0.15, 0.2) is 0 Å². The molecule has 4 N–H and O–H groups in total. The van der Waals surface area contributed by atoms with Crippen molar-refractivity contribution in [2.75, 3.05) is 59.4 Å². The Bertz CT molecular complexity index is 1450. The summed E-state index contributed by atoms with van der Waals surface area (Å²) in [6, 6.07) is 0. The molecular weight excluding hydrogens is 1130 g/mol. The Morgan fingerprint density at radius 2 is 0.391 bits per heavy atom. The summed E-state index contributed by atoms with van der Waals surface area (Å²) in [6.07, 6.45) is 97.6. The van der Waals surface area contributed by atoms with Crippen LogP contribution in [0.2, 0.25) is 0 Å². The molecule has 0 saturated carbocycles. The second kappa shape index (κ2) is 76.0. The molecule has 0 amide bonds. The van der Waals surface area contributed by atoms with Gasteiger partial charge in [0.25, 0.3) is 0 Å². The third-order valence-electron chi connectivity index (χ3n) is 18.4. The van der Waals surface area contributed by atoms with E-state index in [0.717, 1.165) is 155 Å². The van der Waals surface area contributed by atoms with E-state index in [4.69, 9.17) is 0 Å². The predicted octanol–water partition coefficient (Wildman–Crippen LogP) is 23.8. The number of allylic oxidation sites excluding steroid dienone is 16. The average Bonchev–Trinajstić information content (AvgIpc) is 3.25. The maximum absolute atomic E-state index is 11.4. The summed E-state index contributed by atoms with van der Waals surface area (Å²) >= 11 is 0. The van der Waals surface area contributed by atoms with Crippen molar-refractivity contribution in [1.29, 1.82) is 0 Å². The number of hydrogen-bond donors (Lipinski definition) is 4. The van der Waals surface area contributed by atoms with Gasteiger partial charge in [-0.3, -0.25) is 9.80 Å². The van der Waals surface area contributed by atoms with E-state index >= 15 is 0 Å². The summed E-state index contributed by atoms with van der Waals surface area (Å²) in [7, 11) is 2.19. The van der Waals surface area contributed by atoms with Crippen LogP contribution in [-0.2, 0) is 0 Å². The number of aliphatic hydroxyl groups excluding tert-OH is 4. The molecule has 4 unspecified atom stereocenters. The van der Waals surface area contributed by atoms with Gasteiger partial charge in [-0.25, -0.2) is 0 Å². The Morgan fingerprint density at radius 1 is 0.217 bits per heavy atom. The van der Waals surface area contributed by atoms with Crippen LogP contribution in [0.4, 0.5) is 0 Å². The summed E-state index contributed by atoms with van der Waals surface area (Å²) in [6.45, 7) is 14.7. The summed E-state index contributed by atoms with van der Waals surface area (Å²) < 4.78 is 0. The Kier molecular flexibility index (Phi) is 74.1. The molecule has 0 spiro atoms. The molecule has 0 fully saturated rings. The fraction of sp³-hybridized carbons (Fsp3) is 0.812. The van der Waals surface area contributed by atoms with Crippen molar-refractivity contribution >= 4 is 0 Å². The van der Waals surface area contributed by atoms with E-state index in [0.29, 0.717) is 26.2 Å².